The van der Waals surface area contributed by atoms with E-state index in [1.54, 1.807) is 0 Å². The van der Waals surface area contributed by atoms with Crippen molar-refractivity contribution in [2.24, 2.45) is 5.84 Å². The number of nitro benzene ring substituents is 1. The summed E-state index contributed by atoms with van der Waals surface area (Å²) in [4.78, 5) is 33.4. The Morgan fingerprint density at radius 3 is 2.55 bits per heavy atom. The first-order valence-electron chi connectivity index (χ1n) is 5.68. The van der Waals surface area contributed by atoms with Crippen LogP contribution in [-0.2, 0) is 4.79 Å². The van der Waals surface area contributed by atoms with Gasteiger partial charge in [0.25, 0.3) is 11.6 Å². The predicted molar refractivity (Wildman–Crippen MR) is 71.9 cm³/mol. The average Bonchev–Trinajstić information content (AvgIpc) is 2.45. The lowest BCUT2D eigenvalue weighted by atomic mass is 10.1. The number of rotatable bonds is 5. The van der Waals surface area contributed by atoms with Crippen molar-refractivity contribution < 1.29 is 14.5 Å². The zero-order valence-corrected chi connectivity index (χ0v) is 11.0. The molecule has 0 aliphatic rings. The number of amides is 2. The van der Waals surface area contributed by atoms with Crippen LogP contribution >= 0.6 is 0 Å². The van der Waals surface area contributed by atoms with E-state index in [-0.39, 0.29) is 22.8 Å². The van der Waals surface area contributed by atoms with Gasteiger partial charge in [0.1, 0.15) is 11.7 Å². The topological polar surface area (TPSA) is 139 Å². The van der Waals surface area contributed by atoms with Gasteiger partial charge in [-0.2, -0.15) is 0 Å². The number of anilines is 1. The number of benzene rings is 1. The third-order valence-electron chi connectivity index (χ3n) is 2.60. The third kappa shape index (κ3) is 3.42. The van der Waals surface area contributed by atoms with Crippen LogP contribution in [0, 0.1) is 10.1 Å². The smallest absolute Gasteiger partial charge is 0.294 e. The lowest BCUT2D eigenvalue weighted by Gasteiger charge is -2.12. The van der Waals surface area contributed by atoms with Crippen LogP contribution in [0.4, 0.5) is 11.4 Å². The van der Waals surface area contributed by atoms with Gasteiger partial charge in [-0.1, -0.05) is 0 Å². The minimum atomic E-state index is -0.751. The Bertz CT molecular complexity index is 546. The first-order valence-corrected chi connectivity index (χ1v) is 5.68. The largest absolute Gasteiger partial charge is 0.357 e. The molecule has 0 bridgehead atoms. The number of nitrogens with zero attached hydrogens (tertiary/aromatic N) is 1. The van der Waals surface area contributed by atoms with Crippen LogP contribution in [0.2, 0.25) is 0 Å². The summed E-state index contributed by atoms with van der Waals surface area (Å²) in [5.74, 6) is 4.19. The Morgan fingerprint density at radius 1 is 1.40 bits per heavy atom. The van der Waals surface area contributed by atoms with Crippen molar-refractivity contribution in [1.82, 2.24) is 10.6 Å². The molecular weight excluding hydrogens is 266 g/mol. The zero-order valence-electron chi connectivity index (χ0n) is 11.0. The van der Waals surface area contributed by atoms with Crippen molar-refractivity contribution in [2.75, 3.05) is 12.5 Å². The molecule has 0 radical (unpaired) electrons. The number of carbonyl (C=O) groups excluding carboxylic acids is 2. The van der Waals surface area contributed by atoms with E-state index in [1.807, 2.05) is 0 Å². The Balaban J connectivity index is 2.97. The van der Waals surface area contributed by atoms with Crippen LogP contribution in [0.1, 0.15) is 17.3 Å². The summed E-state index contributed by atoms with van der Waals surface area (Å²) < 4.78 is 0. The minimum Gasteiger partial charge on any atom is -0.357 e. The third-order valence-corrected chi connectivity index (χ3v) is 2.60. The molecule has 5 N–H and O–H groups in total. The van der Waals surface area contributed by atoms with Gasteiger partial charge in [-0.15, -0.1) is 0 Å². The van der Waals surface area contributed by atoms with Crippen LogP contribution < -0.4 is 21.9 Å². The molecule has 0 fully saturated rings. The molecular formula is C11H15N5O4. The molecule has 0 aliphatic heterocycles. The number of hydrogen-bond donors (Lipinski definition) is 4. The van der Waals surface area contributed by atoms with Gasteiger partial charge >= 0.3 is 0 Å². The molecule has 0 saturated heterocycles. The number of hydrogen-bond acceptors (Lipinski definition) is 6. The number of likely N-dealkylation sites (N-methyl/N-ethyl adjacent to an activating group) is 1. The van der Waals surface area contributed by atoms with Gasteiger partial charge in [0.05, 0.1) is 4.92 Å². The van der Waals surface area contributed by atoms with Crippen LogP contribution in [0.25, 0.3) is 0 Å². The first-order chi connectivity index (χ1) is 9.40. The minimum absolute atomic E-state index is 0.0615. The molecule has 9 heteroatoms. The Labute approximate surface area is 114 Å². The maximum atomic E-state index is 11.9. The van der Waals surface area contributed by atoms with E-state index in [0.29, 0.717) is 0 Å². The fraction of sp³-hybridized carbons (Fsp3) is 0.273. The van der Waals surface area contributed by atoms with E-state index in [0.717, 1.165) is 6.07 Å². The predicted octanol–water partition coefficient (Wildman–Crippen LogP) is -0.255. The van der Waals surface area contributed by atoms with E-state index in [1.165, 1.54) is 26.1 Å². The highest BCUT2D eigenvalue weighted by Gasteiger charge is 2.19. The second-order valence-electron chi connectivity index (χ2n) is 3.94. The number of nitrogens with one attached hydrogen (secondary N) is 3. The second kappa shape index (κ2) is 6.48. The number of nitrogens with two attached hydrogens (primary N) is 1. The van der Waals surface area contributed by atoms with Crippen molar-refractivity contribution in [2.45, 2.75) is 13.0 Å². The molecule has 1 unspecified atom stereocenters. The molecule has 108 valence electrons. The van der Waals surface area contributed by atoms with Crippen LogP contribution in [0.5, 0.6) is 0 Å². The number of carbonyl (C=O) groups is 2. The van der Waals surface area contributed by atoms with Crippen molar-refractivity contribution in [3.8, 4) is 0 Å². The van der Waals surface area contributed by atoms with Gasteiger partial charge < -0.3 is 16.1 Å². The van der Waals surface area contributed by atoms with Gasteiger partial charge in [-0.3, -0.25) is 25.5 Å². The highest BCUT2D eigenvalue weighted by molar-refractivity contribution is 5.98. The summed E-state index contributed by atoms with van der Waals surface area (Å²) >= 11 is 0. The molecule has 1 aromatic rings. The SMILES string of the molecule is CNC(=O)C(C)NC(=O)c1ccc(NN)c([N+](=O)[O-])c1. The lowest BCUT2D eigenvalue weighted by molar-refractivity contribution is -0.384. The highest BCUT2D eigenvalue weighted by atomic mass is 16.6. The molecule has 1 atom stereocenters. The first kappa shape index (κ1) is 15.4. The standard InChI is InChI=1S/C11H15N5O4/c1-6(10(17)13-2)14-11(18)7-3-4-8(15-12)9(5-7)16(19)20/h3-6,15H,12H2,1-2H3,(H,13,17)(H,14,18). The van der Waals surface area contributed by atoms with Gasteiger partial charge in [-0.05, 0) is 19.1 Å². The van der Waals surface area contributed by atoms with Gasteiger partial charge in [-0.25, -0.2) is 0 Å². The summed E-state index contributed by atoms with van der Waals surface area (Å²) in [6.07, 6.45) is 0. The Hall–Kier alpha value is -2.68. The number of hydrazine groups is 1. The molecule has 0 aromatic heterocycles. The van der Waals surface area contributed by atoms with Gasteiger partial charge in [0, 0.05) is 18.7 Å². The van der Waals surface area contributed by atoms with Crippen molar-refractivity contribution >= 4 is 23.2 Å². The number of nitrogen functional groups attached to an aromatic ring is 1. The highest BCUT2D eigenvalue weighted by Crippen LogP contribution is 2.24. The van der Waals surface area contributed by atoms with Gasteiger partial charge in [0.2, 0.25) is 5.91 Å². The monoisotopic (exact) mass is 281 g/mol. The Kier molecular flexibility index (Phi) is 4.98. The zero-order chi connectivity index (χ0) is 15.3. The van der Waals surface area contributed by atoms with E-state index >= 15 is 0 Å². The van der Waals surface area contributed by atoms with E-state index in [2.05, 4.69) is 16.1 Å². The van der Waals surface area contributed by atoms with Crippen molar-refractivity contribution in [3.63, 3.8) is 0 Å². The summed E-state index contributed by atoms with van der Waals surface area (Å²) in [7, 11) is 1.44. The lowest BCUT2D eigenvalue weighted by Crippen LogP contribution is -2.43. The summed E-state index contributed by atoms with van der Waals surface area (Å²) in [5.41, 5.74) is 2.00. The summed E-state index contributed by atoms with van der Waals surface area (Å²) in [6, 6.07) is 3.02. The average molecular weight is 281 g/mol. The van der Waals surface area contributed by atoms with E-state index in [4.69, 9.17) is 5.84 Å². The molecule has 1 aromatic carbocycles. The van der Waals surface area contributed by atoms with E-state index in [9.17, 15) is 19.7 Å². The summed E-state index contributed by atoms with van der Waals surface area (Å²) in [6.45, 7) is 1.50. The molecule has 0 aliphatic carbocycles. The molecule has 1 rings (SSSR count). The fourth-order valence-corrected chi connectivity index (χ4v) is 1.51. The normalized spacial score (nSPS) is 11.3. The number of nitro groups is 1. The van der Waals surface area contributed by atoms with Crippen LogP contribution in [0.15, 0.2) is 18.2 Å². The molecule has 20 heavy (non-hydrogen) atoms. The molecule has 9 nitrogen and oxygen atoms in total. The van der Waals surface area contributed by atoms with Crippen molar-refractivity contribution in [3.05, 3.63) is 33.9 Å². The Morgan fingerprint density at radius 2 is 2.05 bits per heavy atom. The maximum absolute atomic E-state index is 11.9. The van der Waals surface area contributed by atoms with E-state index < -0.39 is 16.9 Å². The molecule has 0 heterocycles. The molecule has 0 spiro atoms. The second-order valence-corrected chi connectivity index (χ2v) is 3.94. The molecule has 2 amide bonds. The fourth-order valence-electron chi connectivity index (χ4n) is 1.51. The summed E-state index contributed by atoms with van der Waals surface area (Å²) in [5, 5.41) is 15.7. The quantitative estimate of drug-likeness (QED) is 0.333. The van der Waals surface area contributed by atoms with Crippen LogP contribution in [0.3, 0.4) is 0 Å². The van der Waals surface area contributed by atoms with Crippen molar-refractivity contribution in [1.29, 1.82) is 0 Å². The van der Waals surface area contributed by atoms with Crippen LogP contribution in [-0.4, -0.2) is 29.8 Å². The van der Waals surface area contributed by atoms with Gasteiger partial charge in [0.15, 0.2) is 0 Å². The molecule has 0 saturated carbocycles. The maximum Gasteiger partial charge on any atom is 0.294 e.